The molecule has 2 heterocycles. The summed E-state index contributed by atoms with van der Waals surface area (Å²) in [5.74, 6) is 0. The van der Waals surface area contributed by atoms with Crippen LogP contribution in [-0.4, -0.2) is 9.38 Å². The molecule has 0 spiro atoms. The van der Waals surface area contributed by atoms with Crippen LogP contribution in [0.5, 0.6) is 0 Å². The minimum atomic E-state index is 1.00. The molecule has 5 aromatic carbocycles. The van der Waals surface area contributed by atoms with E-state index in [2.05, 4.69) is 114 Å². The average Bonchev–Trinajstić information content (AvgIpc) is 3.23. The summed E-state index contributed by atoms with van der Waals surface area (Å²) >= 11 is 0. The predicted octanol–water partition coefficient (Wildman–Crippen LogP) is 8.13. The van der Waals surface area contributed by atoms with Crippen LogP contribution in [0, 0.1) is 0 Å². The Balaban J connectivity index is 1.50. The molecule has 0 radical (unpaired) electrons. The summed E-state index contributed by atoms with van der Waals surface area (Å²) in [6, 6.07) is 41.1. The summed E-state index contributed by atoms with van der Waals surface area (Å²) in [5.41, 5.74) is 9.35. The van der Waals surface area contributed by atoms with E-state index < -0.39 is 0 Å². The minimum Gasteiger partial charge on any atom is -0.306 e. The largest absolute Gasteiger partial charge is 0.306 e. The van der Waals surface area contributed by atoms with Crippen molar-refractivity contribution in [3.8, 4) is 22.3 Å². The van der Waals surface area contributed by atoms with Crippen LogP contribution >= 0.6 is 0 Å². The van der Waals surface area contributed by atoms with Gasteiger partial charge in [-0.25, -0.2) is 0 Å². The molecule has 0 aliphatic rings. The van der Waals surface area contributed by atoms with Crippen molar-refractivity contribution in [2.45, 2.75) is 0 Å². The first-order chi connectivity index (χ1) is 16.4. The molecular weight excluding hydrogens is 400 g/mol. The van der Waals surface area contributed by atoms with Crippen LogP contribution in [0.2, 0.25) is 0 Å². The highest BCUT2D eigenvalue weighted by atomic mass is 14.9. The Morgan fingerprint density at radius 2 is 1.21 bits per heavy atom. The van der Waals surface area contributed by atoms with E-state index in [1.54, 1.807) is 0 Å². The van der Waals surface area contributed by atoms with Gasteiger partial charge in [0.1, 0.15) is 0 Å². The second-order valence-electron chi connectivity index (χ2n) is 8.50. The van der Waals surface area contributed by atoms with Crippen LogP contribution < -0.4 is 0 Å². The fourth-order valence-corrected chi connectivity index (χ4v) is 5.06. The van der Waals surface area contributed by atoms with Crippen LogP contribution in [0.1, 0.15) is 0 Å². The summed E-state index contributed by atoms with van der Waals surface area (Å²) in [6.45, 7) is 0. The molecule has 0 unspecified atom stereocenters. The van der Waals surface area contributed by atoms with Crippen LogP contribution in [0.4, 0.5) is 0 Å². The highest BCUT2D eigenvalue weighted by Gasteiger charge is 2.16. The zero-order valence-corrected chi connectivity index (χ0v) is 17.9. The smallest absolute Gasteiger partial charge is 0.0871 e. The van der Waals surface area contributed by atoms with Crippen molar-refractivity contribution < 1.29 is 0 Å². The number of fused-ring (bicyclic) bond motifs is 6. The molecule has 0 amide bonds. The number of nitrogens with zero attached hydrogens (tertiary/aromatic N) is 2. The highest BCUT2D eigenvalue weighted by Crippen LogP contribution is 2.38. The Kier molecular flexibility index (Phi) is 3.88. The van der Waals surface area contributed by atoms with Gasteiger partial charge < -0.3 is 4.40 Å². The van der Waals surface area contributed by atoms with Gasteiger partial charge in [-0.15, -0.1) is 0 Å². The molecule has 0 saturated carbocycles. The third-order valence-electron chi connectivity index (χ3n) is 6.59. The first kappa shape index (κ1) is 18.2. The predicted molar refractivity (Wildman–Crippen MR) is 139 cm³/mol. The number of hydrogen-bond donors (Lipinski definition) is 0. The van der Waals surface area contributed by atoms with Crippen LogP contribution in [0.3, 0.4) is 0 Å². The lowest BCUT2D eigenvalue weighted by Crippen LogP contribution is -1.90. The van der Waals surface area contributed by atoms with Crippen molar-refractivity contribution in [3.05, 3.63) is 121 Å². The van der Waals surface area contributed by atoms with Crippen molar-refractivity contribution >= 4 is 38.2 Å². The van der Waals surface area contributed by atoms with Gasteiger partial charge in [0.25, 0.3) is 0 Å². The van der Waals surface area contributed by atoms with E-state index in [1.165, 1.54) is 43.9 Å². The molecule has 2 heteroatoms. The standard InChI is InChI=1S/C31H20N2/c1-2-9-22-18-24(17-16-21(22)8-1)23-10-7-11-25(19-23)31-26-12-3-5-14-28(26)33-29-15-6-4-13-27(29)32-20-30(31)33/h1-20H. The second-order valence-corrected chi connectivity index (χ2v) is 8.50. The lowest BCUT2D eigenvalue weighted by molar-refractivity contribution is 1.27. The third-order valence-corrected chi connectivity index (χ3v) is 6.59. The fraction of sp³-hybridized carbons (Fsp3) is 0. The van der Waals surface area contributed by atoms with E-state index in [0.29, 0.717) is 0 Å². The number of aromatic nitrogens is 2. The molecule has 0 fully saturated rings. The molecular formula is C31H20N2. The van der Waals surface area contributed by atoms with Gasteiger partial charge in [0, 0.05) is 10.9 Å². The number of hydrogen-bond acceptors (Lipinski definition) is 1. The molecule has 33 heavy (non-hydrogen) atoms. The molecule has 7 rings (SSSR count). The van der Waals surface area contributed by atoms with Crippen LogP contribution in [0.15, 0.2) is 121 Å². The Labute approximate surface area is 191 Å². The van der Waals surface area contributed by atoms with E-state index in [1.807, 2.05) is 12.3 Å². The molecule has 2 nitrogen and oxygen atoms in total. The van der Waals surface area contributed by atoms with Crippen molar-refractivity contribution in [2.75, 3.05) is 0 Å². The van der Waals surface area contributed by atoms with Crippen molar-refractivity contribution in [1.29, 1.82) is 0 Å². The van der Waals surface area contributed by atoms with E-state index in [0.717, 1.165) is 16.6 Å². The van der Waals surface area contributed by atoms with E-state index in [4.69, 9.17) is 4.98 Å². The quantitative estimate of drug-likeness (QED) is 0.276. The molecule has 0 aliphatic carbocycles. The topological polar surface area (TPSA) is 17.3 Å². The summed E-state index contributed by atoms with van der Waals surface area (Å²) in [5, 5.41) is 3.77. The van der Waals surface area contributed by atoms with Crippen LogP contribution in [0.25, 0.3) is 60.5 Å². The maximum atomic E-state index is 4.78. The molecule has 2 aromatic heterocycles. The van der Waals surface area contributed by atoms with Gasteiger partial charge in [0.05, 0.1) is 28.3 Å². The molecule has 0 saturated heterocycles. The van der Waals surface area contributed by atoms with Crippen molar-refractivity contribution in [3.63, 3.8) is 0 Å². The molecule has 0 N–H and O–H groups in total. The maximum Gasteiger partial charge on any atom is 0.0871 e. The summed E-state index contributed by atoms with van der Waals surface area (Å²) < 4.78 is 2.34. The Morgan fingerprint density at radius 3 is 2.15 bits per heavy atom. The summed E-state index contributed by atoms with van der Waals surface area (Å²) in [4.78, 5) is 4.78. The number of benzene rings is 5. The van der Waals surface area contributed by atoms with Gasteiger partial charge in [0.2, 0.25) is 0 Å². The van der Waals surface area contributed by atoms with Gasteiger partial charge in [-0.2, -0.15) is 0 Å². The van der Waals surface area contributed by atoms with E-state index >= 15 is 0 Å². The Hall–Kier alpha value is -4.43. The lowest BCUT2D eigenvalue weighted by Gasteiger charge is -2.08. The van der Waals surface area contributed by atoms with Gasteiger partial charge in [-0.1, -0.05) is 84.9 Å². The van der Waals surface area contributed by atoms with Crippen LogP contribution in [-0.2, 0) is 0 Å². The molecule has 0 atom stereocenters. The third kappa shape index (κ3) is 2.78. The van der Waals surface area contributed by atoms with Crippen molar-refractivity contribution in [2.24, 2.45) is 0 Å². The van der Waals surface area contributed by atoms with Crippen molar-refractivity contribution in [1.82, 2.24) is 9.38 Å². The second kappa shape index (κ2) is 7.04. The molecule has 7 aromatic rings. The first-order valence-electron chi connectivity index (χ1n) is 11.2. The normalized spacial score (nSPS) is 11.6. The van der Waals surface area contributed by atoms with E-state index in [9.17, 15) is 0 Å². The van der Waals surface area contributed by atoms with E-state index in [-0.39, 0.29) is 0 Å². The molecule has 0 bridgehead atoms. The highest BCUT2D eigenvalue weighted by molar-refractivity contribution is 6.08. The summed E-state index contributed by atoms with van der Waals surface area (Å²) in [6.07, 6.45) is 2.01. The average molecular weight is 421 g/mol. The monoisotopic (exact) mass is 420 g/mol. The van der Waals surface area contributed by atoms with Gasteiger partial charge in [-0.3, -0.25) is 4.98 Å². The van der Waals surface area contributed by atoms with Gasteiger partial charge in [-0.05, 0) is 57.8 Å². The zero-order valence-electron chi connectivity index (χ0n) is 17.9. The maximum absolute atomic E-state index is 4.78. The lowest BCUT2D eigenvalue weighted by atomic mass is 9.96. The Morgan fingerprint density at radius 1 is 0.485 bits per heavy atom. The SMILES string of the molecule is c1cc(-c2ccc3ccccc3c2)cc(-c2c3ccccc3n3c2cnc2ccccc23)c1. The number of para-hydroxylation sites is 3. The first-order valence-corrected chi connectivity index (χ1v) is 11.2. The fourth-order valence-electron chi connectivity index (χ4n) is 5.06. The number of rotatable bonds is 2. The minimum absolute atomic E-state index is 1.00. The van der Waals surface area contributed by atoms with Gasteiger partial charge >= 0.3 is 0 Å². The summed E-state index contributed by atoms with van der Waals surface area (Å²) in [7, 11) is 0. The Bertz CT molecular complexity index is 1820. The molecule has 154 valence electrons. The molecule has 0 aliphatic heterocycles. The van der Waals surface area contributed by atoms with Gasteiger partial charge in [0.15, 0.2) is 0 Å². The zero-order chi connectivity index (χ0) is 21.8.